The predicted octanol–water partition coefficient (Wildman–Crippen LogP) is 1.48. The van der Waals surface area contributed by atoms with Crippen LogP contribution in [-0.2, 0) is 11.3 Å². The van der Waals surface area contributed by atoms with Gasteiger partial charge in [0.25, 0.3) is 5.91 Å². The third-order valence-corrected chi connectivity index (χ3v) is 3.98. The highest BCUT2D eigenvalue weighted by atomic mass is 16.2. The van der Waals surface area contributed by atoms with Crippen LogP contribution < -0.4 is 5.32 Å². The summed E-state index contributed by atoms with van der Waals surface area (Å²) in [6.45, 7) is 1.07. The number of nitrogens with one attached hydrogen (secondary N) is 1. The van der Waals surface area contributed by atoms with E-state index in [4.69, 9.17) is 5.26 Å². The number of benzene rings is 1. The van der Waals surface area contributed by atoms with Crippen LogP contribution in [0.4, 0.5) is 0 Å². The summed E-state index contributed by atoms with van der Waals surface area (Å²) < 4.78 is 0. The molecular weight excluding hydrogens is 304 g/mol. The van der Waals surface area contributed by atoms with Crippen molar-refractivity contribution >= 4 is 11.8 Å². The SMILES string of the molecule is N#Cc1ccc(CN2CCC(NC(=O)c3cccnc3)C2=O)cc1. The Hall–Kier alpha value is -3.20. The first-order chi connectivity index (χ1) is 11.7. The second kappa shape index (κ2) is 6.92. The number of aromatic nitrogens is 1. The summed E-state index contributed by atoms with van der Waals surface area (Å²) in [5.41, 5.74) is 1.99. The molecule has 3 rings (SSSR count). The lowest BCUT2D eigenvalue weighted by atomic mass is 10.1. The standard InChI is InChI=1S/C18H16N4O2/c19-10-13-3-5-14(6-4-13)12-22-9-7-16(18(22)24)21-17(23)15-2-1-8-20-11-15/h1-6,8,11,16H,7,9,12H2,(H,21,23). The van der Waals surface area contributed by atoms with E-state index in [1.165, 1.54) is 6.20 Å². The Labute approximate surface area is 139 Å². The van der Waals surface area contributed by atoms with Crippen LogP contribution in [0.5, 0.6) is 0 Å². The van der Waals surface area contributed by atoms with Gasteiger partial charge >= 0.3 is 0 Å². The van der Waals surface area contributed by atoms with E-state index in [0.29, 0.717) is 30.6 Å². The number of carbonyl (C=O) groups is 2. The van der Waals surface area contributed by atoms with Gasteiger partial charge in [-0.15, -0.1) is 0 Å². The molecule has 0 radical (unpaired) electrons. The molecular formula is C18H16N4O2. The minimum Gasteiger partial charge on any atom is -0.340 e. The van der Waals surface area contributed by atoms with Crippen LogP contribution in [0, 0.1) is 11.3 Å². The van der Waals surface area contributed by atoms with Gasteiger partial charge in [0.1, 0.15) is 6.04 Å². The maximum atomic E-state index is 12.4. The third kappa shape index (κ3) is 3.41. The lowest BCUT2D eigenvalue weighted by molar-refractivity contribution is -0.129. The fourth-order valence-corrected chi connectivity index (χ4v) is 2.67. The van der Waals surface area contributed by atoms with Gasteiger partial charge < -0.3 is 10.2 Å². The number of nitrogens with zero attached hydrogens (tertiary/aromatic N) is 3. The van der Waals surface area contributed by atoms with Crippen LogP contribution in [0.3, 0.4) is 0 Å². The number of hydrogen-bond donors (Lipinski definition) is 1. The fourth-order valence-electron chi connectivity index (χ4n) is 2.67. The summed E-state index contributed by atoms with van der Waals surface area (Å²) in [4.78, 5) is 30.2. The van der Waals surface area contributed by atoms with Gasteiger partial charge in [-0.3, -0.25) is 14.6 Å². The van der Waals surface area contributed by atoms with Gasteiger partial charge in [0.2, 0.25) is 5.91 Å². The molecule has 0 spiro atoms. The molecule has 1 aromatic heterocycles. The van der Waals surface area contributed by atoms with E-state index in [1.54, 1.807) is 35.4 Å². The Bertz CT molecular complexity index is 781. The van der Waals surface area contributed by atoms with E-state index >= 15 is 0 Å². The third-order valence-electron chi connectivity index (χ3n) is 3.98. The Morgan fingerprint density at radius 3 is 2.79 bits per heavy atom. The molecule has 1 aliphatic heterocycles. The van der Waals surface area contributed by atoms with Gasteiger partial charge in [-0.05, 0) is 36.2 Å². The molecule has 2 aromatic rings. The Kier molecular flexibility index (Phi) is 4.52. The summed E-state index contributed by atoms with van der Waals surface area (Å²) in [6.07, 6.45) is 3.65. The number of pyridine rings is 1. The number of likely N-dealkylation sites (tertiary alicyclic amines) is 1. The highest BCUT2D eigenvalue weighted by Crippen LogP contribution is 2.16. The molecule has 6 heteroatoms. The molecule has 2 amide bonds. The van der Waals surface area contributed by atoms with Crippen LogP contribution in [0.15, 0.2) is 48.8 Å². The van der Waals surface area contributed by atoms with Gasteiger partial charge in [0.05, 0.1) is 17.2 Å². The number of hydrogen-bond acceptors (Lipinski definition) is 4. The Balaban J connectivity index is 1.60. The van der Waals surface area contributed by atoms with Crippen molar-refractivity contribution in [3.63, 3.8) is 0 Å². The van der Waals surface area contributed by atoms with E-state index in [1.807, 2.05) is 12.1 Å². The lowest BCUT2D eigenvalue weighted by Crippen LogP contribution is -2.41. The summed E-state index contributed by atoms with van der Waals surface area (Å²) in [7, 11) is 0. The summed E-state index contributed by atoms with van der Waals surface area (Å²) in [5, 5.41) is 11.6. The van der Waals surface area contributed by atoms with Crippen molar-refractivity contribution in [2.24, 2.45) is 0 Å². The lowest BCUT2D eigenvalue weighted by Gasteiger charge is -2.17. The summed E-state index contributed by atoms with van der Waals surface area (Å²) in [6, 6.07) is 12.1. The van der Waals surface area contributed by atoms with E-state index in [2.05, 4.69) is 16.4 Å². The average molecular weight is 320 g/mol. The first kappa shape index (κ1) is 15.7. The zero-order valence-electron chi connectivity index (χ0n) is 13.0. The largest absolute Gasteiger partial charge is 0.340 e. The predicted molar refractivity (Wildman–Crippen MR) is 86.7 cm³/mol. The molecule has 0 aliphatic carbocycles. The number of carbonyl (C=O) groups excluding carboxylic acids is 2. The molecule has 1 aliphatic rings. The first-order valence-electron chi connectivity index (χ1n) is 7.66. The summed E-state index contributed by atoms with van der Waals surface area (Å²) in [5.74, 6) is -0.377. The first-order valence-corrected chi connectivity index (χ1v) is 7.66. The number of amides is 2. The second-order valence-electron chi connectivity index (χ2n) is 5.62. The summed E-state index contributed by atoms with van der Waals surface area (Å²) >= 11 is 0. The van der Waals surface area contributed by atoms with Crippen molar-refractivity contribution in [3.05, 3.63) is 65.5 Å². The fraction of sp³-hybridized carbons (Fsp3) is 0.222. The molecule has 24 heavy (non-hydrogen) atoms. The van der Waals surface area contributed by atoms with Gasteiger partial charge in [-0.25, -0.2) is 0 Å². The van der Waals surface area contributed by atoms with Crippen molar-refractivity contribution in [2.45, 2.75) is 19.0 Å². The molecule has 1 saturated heterocycles. The molecule has 0 bridgehead atoms. The topological polar surface area (TPSA) is 86.1 Å². The molecule has 120 valence electrons. The van der Waals surface area contributed by atoms with Gasteiger partial charge in [0, 0.05) is 25.5 Å². The average Bonchev–Trinajstić information content (AvgIpc) is 2.96. The second-order valence-corrected chi connectivity index (χ2v) is 5.62. The van der Waals surface area contributed by atoms with Crippen molar-refractivity contribution in [1.82, 2.24) is 15.2 Å². The normalized spacial score (nSPS) is 16.7. The highest BCUT2D eigenvalue weighted by molar-refractivity contribution is 5.97. The van der Waals surface area contributed by atoms with Crippen LogP contribution >= 0.6 is 0 Å². The molecule has 1 fully saturated rings. The van der Waals surface area contributed by atoms with E-state index in [9.17, 15) is 9.59 Å². The van der Waals surface area contributed by atoms with E-state index in [0.717, 1.165) is 5.56 Å². The maximum Gasteiger partial charge on any atom is 0.253 e. The molecule has 0 saturated carbocycles. The Morgan fingerprint density at radius 1 is 1.33 bits per heavy atom. The van der Waals surface area contributed by atoms with Gasteiger partial charge in [-0.2, -0.15) is 5.26 Å². The zero-order chi connectivity index (χ0) is 16.9. The molecule has 1 N–H and O–H groups in total. The number of rotatable bonds is 4. The highest BCUT2D eigenvalue weighted by Gasteiger charge is 2.32. The van der Waals surface area contributed by atoms with Crippen molar-refractivity contribution in [1.29, 1.82) is 5.26 Å². The minimum atomic E-state index is -0.504. The van der Waals surface area contributed by atoms with Gasteiger partial charge in [0.15, 0.2) is 0 Å². The minimum absolute atomic E-state index is 0.0865. The van der Waals surface area contributed by atoms with Crippen molar-refractivity contribution < 1.29 is 9.59 Å². The molecule has 1 unspecified atom stereocenters. The molecule has 2 heterocycles. The monoisotopic (exact) mass is 320 g/mol. The van der Waals surface area contributed by atoms with Crippen molar-refractivity contribution in [2.75, 3.05) is 6.54 Å². The zero-order valence-corrected chi connectivity index (χ0v) is 13.0. The van der Waals surface area contributed by atoms with E-state index in [-0.39, 0.29) is 11.8 Å². The molecule has 6 nitrogen and oxygen atoms in total. The van der Waals surface area contributed by atoms with Crippen LogP contribution in [-0.4, -0.2) is 34.3 Å². The van der Waals surface area contributed by atoms with E-state index < -0.39 is 6.04 Å². The number of nitriles is 1. The van der Waals surface area contributed by atoms with Crippen LogP contribution in [0.25, 0.3) is 0 Å². The van der Waals surface area contributed by atoms with Crippen LogP contribution in [0.2, 0.25) is 0 Å². The van der Waals surface area contributed by atoms with Crippen molar-refractivity contribution in [3.8, 4) is 6.07 Å². The molecule has 1 aromatic carbocycles. The quantitative estimate of drug-likeness (QED) is 0.924. The van der Waals surface area contributed by atoms with Gasteiger partial charge in [-0.1, -0.05) is 12.1 Å². The van der Waals surface area contributed by atoms with Crippen LogP contribution in [0.1, 0.15) is 27.9 Å². The molecule has 1 atom stereocenters. The Morgan fingerprint density at radius 2 is 2.12 bits per heavy atom. The smallest absolute Gasteiger partial charge is 0.253 e. The maximum absolute atomic E-state index is 12.4.